The van der Waals surface area contributed by atoms with E-state index in [0.29, 0.717) is 30.2 Å². The van der Waals surface area contributed by atoms with Gasteiger partial charge in [0, 0.05) is 23.7 Å². The first-order valence-corrected chi connectivity index (χ1v) is 10.0. The van der Waals surface area contributed by atoms with Crippen LogP contribution in [0.15, 0.2) is 42.5 Å². The monoisotopic (exact) mass is 423 g/mol. The van der Waals surface area contributed by atoms with Crippen LogP contribution >= 0.6 is 0 Å². The molecule has 2 aromatic rings. The Balaban J connectivity index is 1.87. The first-order chi connectivity index (χ1) is 15.0. The van der Waals surface area contributed by atoms with Gasteiger partial charge < -0.3 is 23.8 Å². The Labute approximate surface area is 181 Å². The van der Waals surface area contributed by atoms with Gasteiger partial charge in [-0.1, -0.05) is 18.2 Å². The smallest absolute Gasteiger partial charge is 0.319 e. The molecule has 2 aromatic carbocycles. The van der Waals surface area contributed by atoms with Crippen molar-refractivity contribution < 1.29 is 28.5 Å². The maximum Gasteiger partial charge on any atom is 0.319 e. The highest BCUT2D eigenvalue weighted by atomic mass is 16.5. The SMILES string of the molecule is COC(=O)C1C(=O)N2CCc3cc(OC)c(OC)cc3C2=CC1c1ccc(OC)cc1. The third-order valence-electron chi connectivity index (χ3n) is 5.97. The number of fused-ring (bicyclic) bond motifs is 3. The van der Waals surface area contributed by atoms with E-state index in [2.05, 4.69) is 0 Å². The molecule has 7 heteroatoms. The second-order valence-corrected chi connectivity index (χ2v) is 7.46. The molecule has 0 saturated carbocycles. The lowest BCUT2D eigenvalue weighted by molar-refractivity contribution is -0.153. The van der Waals surface area contributed by atoms with E-state index in [1.54, 1.807) is 26.2 Å². The number of esters is 1. The van der Waals surface area contributed by atoms with Crippen LogP contribution in [0.2, 0.25) is 0 Å². The number of amides is 1. The van der Waals surface area contributed by atoms with E-state index in [4.69, 9.17) is 18.9 Å². The van der Waals surface area contributed by atoms with E-state index in [1.165, 1.54) is 7.11 Å². The summed E-state index contributed by atoms with van der Waals surface area (Å²) in [6, 6.07) is 11.2. The number of nitrogens with zero attached hydrogens (tertiary/aromatic N) is 1. The number of allylic oxidation sites excluding steroid dienone is 1. The van der Waals surface area contributed by atoms with E-state index in [0.717, 1.165) is 22.4 Å². The second-order valence-electron chi connectivity index (χ2n) is 7.46. The normalized spacial score (nSPS) is 19.7. The van der Waals surface area contributed by atoms with Gasteiger partial charge in [-0.15, -0.1) is 0 Å². The van der Waals surface area contributed by atoms with Crippen molar-refractivity contribution in [2.24, 2.45) is 5.92 Å². The number of methoxy groups -OCH3 is 4. The summed E-state index contributed by atoms with van der Waals surface area (Å²) in [4.78, 5) is 27.8. The number of hydrogen-bond acceptors (Lipinski definition) is 6. The van der Waals surface area contributed by atoms with Gasteiger partial charge in [0.2, 0.25) is 5.91 Å². The largest absolute Gasteiger partial charge is 0.497 e. The molecule has 0 fully saturated rings. The maximum atomic E-state index is 13.5. The molecule has 0 radical (unpaired) electrons. The Morgan fingerprint density at radius 2 is 1.65 bits per heavy atom. The summed E-state index contributed by atoms with van der Waals surface area (Å²) in [6.07, 6.45) is 2.63. The third kappa shape index (κ3) is 3.50. The van der Waals surface area contributed by atoms with Crippen LogP contribution in [0.3, 0.4) is 0 Å². The van der Waals surface area contributed by atoms with Gasteiger partial charge in [0.25, 0.3) is 0 Å². The lowest BCUT2D eigenvalue weighted by Gasteiger charge is -2.40. The van der Waals surface area contributed by atoms with Crippen LogP contribution in [0, 0.1) is 5.92 Å². The number of hydrogen-bond donors (Lipinski definition) is 0. The van der Waals surface area contributed by atoms with Crippen molar-refractivity contribution in [2.45, 2.75) is 12.3 Å². The Morgan fingerprint density at radius 1 is 0.968 bits per heavy atom. The molecule has 0 aliphatic carbocycles. The van der Waals surface area contributed by atoms with E-state index < -0.39 is 17.8 Å². The molecule has 0 saturated heterocycles. The minimum absolute atomic E-state index is 0.259. The summed E-state index contributed by atoms with van der Waals surface area (Å²) < 4.78 is 21.2. The average molecular weight is 423 g/mol. The molecule has 2 unspecified atom stereocenters. The Hall–Kier alpha value is -3.48. The minimum atomic E-state index is -0.941. The van der Waals surface area contributed by atoms with Crippen LogP contribution in [0.25, 0.3) is 5.70 Å². The fraction of sp³-hybridized carbons (Fsp3) is 0.333. The van der Waals surface area contributed by atoms with Crippen molar-refractivity contribution in [3.63, 3.8) is 0 Å². The Morgan fingerprint density at radius 3 is 2.26 bits per heavy atom. The van der Waals surface area contributed by atoms with Crippen LogP contribution in [0.1, 0.15) is 22.6 Å². The number of benzene rings is 2. The number of carbonyl (C=O) groups excluding carboxylic acids is 2. The van der Waals surface area contributed by atoms with E-state index >= 15 is 0 Å². The Bertz CT molecular complexity index is 1040. The van der Waals surface area contributed by atoms with Crippen molar-refractivity contribution in [2.75, 3.05) is 35.0 Å². The molecule has 0 N–H and O–H groups in total. The average Bonchev–Trinajstić information content (AvgIpc) is 2.82. The standard InChI is InChI=1S/C24H25NO6/c1-28-16-7-5-14(6-8-16)18-12-19-17-13-21(30-3)20(29-2)11-15(17)9-10-25(19)23(26)22(18)24(27)31-4/h5-8,11-13,18,22H,9-10H2,1-4H3. The van der Waals surface area contributed by atoms with Crippen molar-refractivity contribution in [3.05, 3.63) is 59.2 Å². The van der Waals surface area contributed by atoms with Gasteiger partial charge in [-0.2, -0.15) is 0 Å². The van der Waals surface area contributed by atoms with Crippen LogP contribution in [0.4, 0.5) is 0 Å². The molecule has 0 aromatic heterocycles. The summed E-state index contributed by atoms with van der Waals surface area (Å²) in [6.45, 7) is 0.482. The molecule has 1 amide bonds. The van der Waals surface area contributed by atoms with E-state index in [-0.39, 0.29) is 5.91 Å². The summed E-state index contributed by atoms with van der Waals surface area (Å²) in [5.74, 6) is -0.261. The number of rotatable bonds is 5. The third-order valence-corrected chi connectivity index (χ3v) is 5.97. The summed E-state index contributed by atoms with van der Waals surface area (Å²) >= 11 is 0. The van der Waals surface area contributed by atoms with Gasteiger partial charge in [0.05, 0.1) is 28.4 Å². The molecule has 0 spiro atoms. The van der Waals surface area contributed by atoms with Crippen LogP contribution in [-0.4, -0.2) is 51.8 Å². The molecule has 2 atom stereocenters. The fourth-order valence-corrected chi connectivity index (χ4v) is 4.35. The first-order valence-electron chi connectivity index (χ1n) is 10.0. The molecule has 2 heterocycles. The van der Waals surface area contributed by atoms with Crippen molar-refractivity contribution in [1.82, 2.24) is 4.90 Å². The highest BCUT2D eigenvalue weighted by Gasteiger charge is 2.45. The van der Waals surface area contributed by atoms with Gasteiger partial charge in [0.15, 0.2) is 11.5 Å². The minimum Gasteiger partial charge on any atom is -0.497 e. The summed E-state index contributed by atoms with van der Waals surface area (Å²) in [5, 5.41) is 0. The molecule has 162 valence electrons. The van der Waals surface area contributed by atoms with Crippen molar-refractivity contribution in [3.8, 4) is 17.2 Å². The molecule has 0 bridgehead atoms. The Kier molecular flexibility index (Phi) is 5.59. The van der Waals surface area contributed by atoms with E-state index in [1.807, 2.05) is 42.5 Å². The zero-order valence-electron chi connectivity index (χ0n) is 18.0. The van der Waals surface area contributed by atoms with Gasteiger partial charge in [-0.05, 0) is 41.8 Å². The van der Waals surface area contributed by atoms with Crippen molar-refractivity contribution in [1.29, 1.82) is 0 Å². The predicted octanol–water partition coefficient (Wildman–Crippen LogP) is 3.02. The van der Waals surface area contributed by atoms with Gasteiger partial charge in [0.1, 0.15) is 11.7 Å². The highest BCUT2D eigenvalue weighted by Crippen LogP contribution is 2.44. The van der Waals surface area contributed by atoms with Gasteiger partial charge in [-0.25, -0.2) is 0 Å². The highest BCUT2D eigenvalue weighted by molar-refractivity contribution is 6.05. The van der Waals surface area contributed by atoms with Crippen LogP contribution in [-0.2, 0) is 20.7 Å². The van der Waals surface area contributed by atoms with Gasteiger partial charge in [-0.3, -0.25) is 9.59 Å². The molecular formula is C24H25NO6. The number of carbonyl (C=O) groups is 2. The summed E-state index contributed by atoms with van der Waals surface area (Å²) in [7, 11) is 6.08. The molecule has 4 rings (SSSR count). The second kappa shape index (κ2) is 8.34. The zero-order chi connectivity index (χ0) is 22.1. The fourth-order valence-electron chi connectivity index (χ4n) is 4.35. The number of ether oxygens (including phenoxy) is 4. The summed E-state index contributed by atoms with van der Waals surface area (Å²) in [5.41, 5.74) is 3.58. The molecule has 31 heavy (non-hydrogen) atoms. The lowest BCUT2D eigenvalue weighted by atomic mass is 9.79. The maximum absolute atomic E-state index is 13.5. The lowest BCUT2D eigenvalue weighted by Crippen LogP contribution is -2.47. The van der Waals surface area contributed by atoms with Gasteiger partial charge >= 0.3 is 5.97 Å². The van der Waals surface area contributed by atoms with Crippen LogP contribution in [0.5, 0.6) is 17.2 Å². The molecular weight excluding hydrogens is 398 g/mol. The molecule has 2 aliphatic heterocycles. The quantitative estimate of drug-likeness (QED) is 0.544. The molecule has 2 aliphatic rings. The van der Waals surface area contributed by atoms with E-state index in [9.17, 15) is 9.59 Å². The zero-order valence-corrected chi connectivity index (χ0v) is 18.0. The van der Waals surface area contributed by atoms with Crippen molar-refractivity contribution >= 4 is 17.6 Å². The molecule has 7 nitrogen and oxygen atoms in total. The topological polar surface area (TPSA) is 74.3 Å². The first kappa shape index (κ1) is 20.8. The predicted molar refractivity (Wildman–Crippen MR) is 114 cm³/mol. The van der Waals surface area contributed by atoms with Crippen LogP contribution < -0.4 is 14.2 Å².